The zero-order valence-corrected chi connectivity index (χ0v) is 18.0. The predicted octanol–water partition coefficient (Wildman–Crippen LogP) is 3.69. The van der Waals surface area contributed by atoms with Crippen molar-refractivity contribution >= 4 is 33.3 Å². The molecule has 0 unspecified atom stereocenters. The Kier molecular flexibility index (Phi) is 5.99. The van der Waals surface area contributed by atoms with E-state index in [1.54, 1.807) is 14.2 Å². The lowest BCUT2D eigenvalue weighted by atomic mass is 10.1. The van der Waals surface area contributed by atoms with Crippen molar-refractivity contribution in [2.75, 3.05) is 19.5 Å². The van der Waals surface area contributed by atoms with Gasteiger partial charge in [-0.05, 0) is 23.8 Å². The first-order chi connectivity index (χ1) is 15.1. The number of nitrogens with one attached hydrogen (secondary N) is 2. The molecular weight excluding hydrogens is 418 g/mol. The van der Waals surface area contributed by atoms with Crippen molar-refractivity contribution in [3.8, 4) is 17.2 Å². The lowest BCUT2D eigenvalue weighted by molar-refractivity contribution is 0.102. The summed E-state index contributed by atoms with van der Waals surface area (Å²) in [7, 11) is 3.14. The lowest BCUT2D eigenvalue weighted by Crippen LogP contribution is -2.18. The van der Waals surface area contributed by atoms with E-state index in [1.807, 2.05) is 49.4 Å². The van der Waals surface area contributed by atoms with Crippen LogP contribution in [0.5, 0.6) is 17.2 Å². The molecule has 4 rings (SSSR count). The molecule has 0 saturated heterocycles. The van der Waals surface area contributed by atoms with Crippen molar-refractivity contribution in [2.24, 2.45) is 0 Å². The number of anilines is 1. The minimum Gasteiger partial charge on any atom is -0.493 e. The number of hydrogen-bond donors (Lipinski definition) is 2. The van der Waals surface area contributed by atoms with E-state index in [1.165, 1.54) is 11.3 Å². The zero-order valence-electron chi connectivity index (χ0n) is 17.2. The molecule has 2 aromatic heterocycles. The second-order valence-corrected chi connectivity index (χ2v) is 7.82. The number of rotatable bonds is 8. The molecule has 2 heterocycles. The molecular formula is C21H21N5O4S. The van der Waals surface area contributed by atoms with Crippen molar-refractivity contribution in [2.45, 2.75) is 19.4 Å². The quantitative estimate of drug-likeness (QED) is 0.431. The van der Waals surface area contributed by atoms with Gasteiger partial charge < -0.3 is 14.2 Å². The highest BCUT2D eigenvalue weighted by Crippen LogP contribution is 2.44. The maximum atomic E-state index is 13.0. The van der Waals surface area contributed by atoms with Crippen molar-refractivity contribution in [1.29, 1.82) is 0 Å². The van der Waals surface area contributed by atoms with E-state index in [4.69, 9.17) is 14.2 Å². The number of ether oxygens (including phenoxy) is 3. The molecule has 2 aromatic carbocycles. The van der Waals surface area contributed by atoms with Gasteiger partial charge in [-0.3, -0.25) is 10.1 Å². The number of H-pyrrole nitrogens is 1. The van der Waals surface area contributed by atoms with Crippen LogP contribution in [0.15, 0.2) is 42.5 Å². The zero-order chi connectivity index (χ0) is 21.8. The molecule has 9 nitrogen and oxygen atoms in total. The molecule has 0 aliphatic rings. The maximum Gasteiger partial charge on any atom is 0.272 e. The molecule has 160 valence electrons. The summed E-state index contributed by atoms with van der Waals surface area (Å²) in [5, 5.41) is 16.7. The normalized spacial score (nSPS) is 11.8. The highest BCUT2D eigenvalue weighted by atomic mass is 32.1. The first kappa shape index (κ1) is 20.6. The van der Waals surface area contributed by atoms with Gasteiger partial charge in [-0.2, -0.15) is 5.21 Å². The smallest absolute Gasteiger partial charge is 0.272 e. The van der Waals surface area contributed by atoms with Crippen LogP contribution in [0.1, 0.15) is 22.2 Å². The van der Waals surface area contributed by atoms with Crippen molar-refractivity contribution in [1.82, 2.24) is 20.6 Å². The summed E-state index contributed by atoms with van der Waals surface area (Å²) < 4.78 is 18.0. The Bertz CT molecular complexity index is 1180. The summed E-state index contributed by atoms with van der Waals surface area (Å²) in [6.07, 6.45) is 0.516. The molecule has 10 heteroatoms. The molecule has 31 heavy (non-hydrogen) atoms. The fourth-order valence-electron chi connectivity index (χ4n) is 3.23. The number of hydrogen-bond acceptors (Lipinski definition) is 8. The molecule has 4 aromatic rings. The largest absolute Gasteiger partial charge is 0.493 e. The van der Waals surface area contributed by atoms with Gasteiger partial charge in [-0.1, -0.05) is 35.4 Å². The molecule has 1 atom stereocenters. The number of thiophene rings is 1. The summed E-state index contributed by atoms with van der Waals surface area (Å²) in [6.45, 7) is 1.97. The van der Waals surface area contributed by atoms with Crippen LogP contribution in [0.3, 0.4) is 0 Å². The van der Waals surface area contributed by atoms with Crippen LogP contribution >= 0.6 is 11.3 Å². The average molecular weight is 439 g/mol. The van der Waals surface area contributed by atoms with Crippen LogP contribution < -0.4 is 19.5 Å². The summed E-state index contributed by atoms with van der Waals surface area (Å²) in [4.78, 5) is 13.4. The monoisotopic (exact) mass is 439 g/mol. The molecule has 0 aliphatic heterocycles. The van der Waals surface area contributed by atoms with Crippen LogP contribution in [0.4, 0.5) is 5.95 Å². The molecule has 0 radical (unpaired) electrons. The third kappa shape index (κ3) is 4.43. The number of aromatic amines is 1. The van der Waals surface area contributed by atoms with Crippen molar-refractivity contribution in [3.63, 3.8) is 0 Å². The van der Waals surface area contributed by atoms with Gasteiger partial charge in [0.15, 0.2) is 17.2 Å². The number of tetrazole rings is 1. The van der Waals surface area contributed by atoms with E-state index in [0.717, 1.165) is 15.6 Å². The third-order valence-electron chi connectivity index (χ3n) is 4.61. The highest BCUT2D eigenvalue weighted by Gasteiger charge is 2.24. The van der Waals surface area contributed by atoms with Gasteiger partial charge in [0.05, 0.1) is 14.2 Å². The van der Waals surface area contributed by atoms with Gasteiger partial charge in [0.1, 0.15) is 11.0 Å². The number of benzene rings is 2. The Morgan fingerprint density at radius 1 is 1.16 bits per heavy atom. The fourth-order valence-corrected chi connectivity index (χ4v) is 4.27. The van der Waals surface area contributed by atoms with E-state index >= 15 is 0 Å². The number of methoxy groups -OCH3 is 2. The molecule has 2 N–H and O–H groups in total. The van der Waals surface area contributed by atoms with Gasteiger partial charge >= 0.3 is 0 Å². The number of carbonyl (C=O) groups is 1. The number of amides is 1. The van der Waals surface area contributed by atoms with Gasteiger partial charge in [-0.15, -0.1) is 16.4 Å². The van der Waals surface area contributed by atoms with Crippen LogP contribution in [0.2, 0.25) is 0 Å². The number of nitrogens with zero attached hydrogens (tertiary/aromatic N) is 3. The van der Waals surface area contributed by atoms with E-state index in [0.29, 0.717) is 28.5 Å². The van der Waals surface area contributed by atoms with Crippen LogP contribution in [0.25, 0.3) is 10.1 Å². The van der Waals surface area contributed by atoms with Crippen LogP contribution in [-0.4, -0.2) is 46.9 Å². The number of fused-ring (bicyclic) bond motifs is 1. The van der Waals surface area contributed by atoms with E-state index in [2.05, 4.69) is 25.9 Å². The minimum absolute atomic E-state index is 0.0842. The van der Waals surface area contributed by atoms with Gasteiger partial charge in [0.2, 0.25) is 0 Å². The SMILES string of the molecule is COc1cc2sc(C(=O)Nc3nn[nH]n3)c(O[C@@H](C)Cc3ccccc3)c2cc1OC. The van der Waals surface area contributed by atoms with Gasteiger partial charge in [-0.25, -0.2) is 0 Å². The Labute approximate surface area is 182 Å². The molecule has 0 spiro atoms. The van der Waals surface area contributed by atoms with E-state index in [9.17, 15) is 4.79 Å². The highest BCUT2D eigenvalue weighted by molar-refractivity contribution is 7.21. The van der Waals surface area contributed by atoms with E-state index < -0.39 is 0 Å². The van der Waals surface area contributed by atoms with Crippen LogP contribution in [0, 0.1) is 0 Å². The Morgan fingerprint density at radius 2 is 1.90 bits per heavy atom. The average Bonchev–Trinajstić information content (AvgIpc) is 3.41. The second kappa shape index (κ2) is 9.00. The van der Waals surface area contributed by atoms with Gasteiger partial charge in [0, 0.05) is 22.6 Å². The maximum absolute atomic E-state index is 13.0. The van der Waals surface area contributed by atoms with E-state index in [-0.39, 0.29) is 18.0 Å². The topological polar surface area (TPSA) is 111 Å². The number of carbonyl (C=O) groups excluding carboxylic acids is 1. The third-order valence-corrected chi connectivity index (χ3v) is 5.74. The fraction of sp³-hybridized carbons (Fsp3) is 0.238. The number of aromatic nitrogens is 4. The Balaban J connectivity index is 1.72. The summed E-state index contributed by atoms with van der Waals surface area (Å²) in [5.74, 6) is 1.30. The molecule has 0 bridgehead atoms. The first-order valence-electron chi connectivity index (χ1n) is 9.53. The first-order valence-corrected chi connectivity index (χ1v) is 10.3. The molecule has 0 fully saturated rings. The van der Waals surface area contributed by atoms with Crippen molar-refractivity contribution < 1.29 is 19.0 Å². The molecule has 1 amide bonds. The summed E-state index contributed by atoms with van der Waals surface area (Å²) >= 11 is 1.29. The summed E-state index contributed by atoms with van der Waals surface area (Å²) in [6, 6.07) is 13.7. The molecule has 0 saturated carbocycles. The van der Waals surface area contributed by atoms with Crippen molar-refractivity contribution in [3.05, 3.63) is 52.9 Å². The van der Waals surface area contributed by atoms with Crippen LogP contribution in [-0.2, 0) is 6.42 Å². The lowest BCUT2D eigenvalue weighted by Gasteiger charge is -2.16. The van der Waals surface area contributed by atoms with Gasteiger partial charge in [0.25, 0.3) is 11.9 Å². The minimum atomic E-state index is -0.387. The standard InChI is InChI=1S/C21H21N5O4S/c1-12(9-13-7-5-4-6-8-13)30-18-14-10-15(28-2)16(29-3)11-17(14)31-19(18)20(27)22-21-23-25-26-24-21/h4-8,10-12H,9H2,1-3H3,(H2,22,23,24,25,26,27)/t12-/m0/s1. The Morgan fingerprint density at radius 3 is 2.58 bits per heavy atom. The second-order valence-electron chi connectivity index (χ2n) is 6.77. The molecule has 0 aliphatic carbocycles. The summed E-state index contributed by atoms with van der Waals surface area (Å²) in [5.41, 5.74) is 1.14. The Hall–Kier alpha value is -3.66. The predicted molar refractivity (Wildman–Crippen MR) is 117 cm³/mol.